The minimum absolute atomic E-state index is 0.216. The summed E-state index contributed by atoms with van der Waals surface area (Å²) in [7, 11) is 0. The third-order valence-electron chi connectivity index (χ3n) is 4.82. The Morgan fingerprint density at radius 3 is 2.75 bits per heavy atom. The Bertz CT molecular complexity index is 792. The number of nitrogens with zero attached hydrogens (tertiary/aromatic N) is 3. The molecule has 2 aliphatic heterocycles. The summed E-state index contributed by atoms with van der Waals surface area (Å²) >= 11 is 5.41. The highest BCUT2D eigenvalue weighted by Gasteiger charge is 2.18. The standard InChI is InChI=1S/C20H25N5O2S/c28-20(21-14-16-9-6-12-26-16)24-19-22-17(25-10-4-5-11-25)13-18(23-19)27-15-7-2-1-3-8-15/h1-3,7-8,13,16H,4-6,9-12,14H2,(H2,21,22,23,24,28)/t16-/m0/s1. The first kappa shape index (κ1) is 18.9. The fourth-order valence-corrected chi connectivity index (χ4v) is 3.57. The molecule has 7 nitrogen and oxygen atoms in total. The van der Waals surface area contributed by atoms with Crippen molar-refractivity contribution in [3.8, 4) is 11.6 Å². The zero-order chi connectivity index (χ0) is 19.2. The lowest BCUT2D eigenvalue weighted by Crippen LogP contribution is -2.35. The smallest absolute Gasteiger partial charge is 0.234 e. The van der Waals surface area contributed by atoms with Gasteiger partial charge >= 0.3 is 0 Å². The average molecular weight is 400 g/mol. The molecule has 1 aromatic carbocycles. The van der Waals surface area contributed by atoms with Crippen LogP contribution in [0.25, 0.3) is 0 Å². The van der Waals surface area contributed by atoms with Crippen molar-refractivity contribution < 1.29 is 9.47 Å². The Morgan fingerprint density at radius 1 is 1.18 bits per heavy atom. The van der Waals surface area contributed by atoms with Gasteiger partial charge in [-0.25, -0.2) is 0 Å². The summed E-state index contributed by atoms with van der Waals surface area (Å²) < 4.78 is 11.6. The molecule has 2 fully saturated rings. The Hall–Kier alpha value is -2.45. The van der Waals surface area contributed by atoms with Gasteiger partial charge in [0.25, 0.3) is 0 Å². The van der Waals surface area contributed by atoms with E-state index in [0.717, 1.165) is 44.1 Å². The van der Waals surface area contributed by atoms with Gasteiger partial charge in [0.1, 0.15) is 11.6 Å². The zero-order valence-electron chi connectivity index (χ0n) is 15.8. The molecular weight excluding hydrogens is 374 g/mol. The first-order valence-electron chi connectivity index (χ1n) is 9.80. The molecule has 28 heavy (non-hydrogen) atoms. The van der Waals surface area contributed by atoms with Crippen molar-refractivity contribution in [2.45, 2.75) is 31.8 Å². The Kier molecular flexibility index (Phi) is 6.18. The number of anilines is 2. The molecule has 148 valence electrons. The molecule has 0 aliphatic carbocycles. The summed E-state index contributed by atoms with van der Waals surface area (Å²) in [5.74, 6) is 2.51. The van der Waals surface area contributed by atoms with E-state index in [1.807, 2.05) is 36.4 Å². The first-order chi connectivity index (χ1) is 13.8. The molecule has 1 aromatic heterocycles. The Balaban J connectivity index is 1.47. The summed E-state index contributed by atoms with van der Waals surface area (Å²) in [6.45, 7) is 3.49. The van der Waals surface area contributed by atoms with Gasteiger partial charge in [0.05, 0.1) is 6.10 Å². The van der Waals surface area contributed by atoms with E-state index in [1.165, 1.54) is 12.8 Å². The average Bonchev–Trinajstić information content (AvgIpc) is 3.41. The number of benzene rings is 1. The minimum atomic E-state index is 0.216. The van der Waals surface area contributed by atoms with E-state index in [4.69, 9.17) is 21.7 Å². The van der Waals surface area contributed by atoms with Gasteiger partial charge < -0.3 is 25.0 Å². The molecule has 0 spiro atoms. The monoisotopic (exact) mass is 399 g/mol. The molecule has 1 atom stereocenters. The number of rotatable bonds is 6. The van der Waals surface area contributed by atoms with Crippen molar-refractivity contribution in [1.29, 1.82) is 0 Å². The second-order valence-electron chi connectivity index (χ2n) is 6.97. The van der Waals surface area contributed by atoms with Gasteiger partial charge in [-0.1, -0.05) is 18.2 Å². The topological polar surface area (TPSA) is 71.5 Å². The number of aromatic nitrogens is 2. The predicted molar refractivity (Wildman–Crippen MR) is 113 cm³/mol. The second kappa shape index (κ2) is 9.16. The van der Waals surface area contributed by atoms with E-state index in [-0.39, 0.29) is 6.10 Å². The van der Waals surface area contributed by atoms with Gasteiger partial charge in [-0.2, -0.15) is 9.97 Å². The summed E-state index contributed by atoms with van der Waals surface area (Å²) in [5.41, 5.74) is 0. The first-order valence-corrected chi connectivity index (χ1v) is 10.2. The number of hydrogen-bond acceptors (Lipinski definition) is 6. The fraction of sp³-hybridized carbons (Fsp3) is 0.450. The molecule has 0 amide bonds. The summed E-state index contributed by atoms with van der Waals surface area (Å²) in [6.07, 6.45) is 4.72. The van der Waals surface area contributed by atoms with Crippen LogP contribution in [0.1, 0.15) is 25.7 Å². The van der Waals surface area contributed by atoms with Gasteiger partial charge in [-0.3, -0.25) is 0 Å². The van der Waals surface area contributed by atoms with E-state index in [0.29, 0.717) is 23.5 Å². The number of nitrogens with one attached hydrogen (secondary N) is 2. The van der Waals surface area contributed by atoms with E-state index in [2.05, 4.69) is 25.5 Å². The number of para-hydroxylation sites is 1. The lowest BCUT2D eigenvalue weighted by atomic mass is 10.2. The van der Waals surface area contributed by atoms with Crippen LogP contribution in [0.4, 0.5) is 11.8 Å². The van der Waals surface area contributed by atoms with Crippen LogP contribution >= 0.6 is 12.2 Å². The van der Waals surface area contributed by atoms with Crippen molar-refractivity contribution in [2.75, 3.05) is 36.5 Å². The molecule has 0 saturated carbocycles. The van der Waals surface area contributed by atoms with Crippen LogP contribution in [0, 0.1) is 0 Å². The highest BCUT2D eigenvalue weighted by atomic mass is 32.1. The maximum Gasteiger partial charge on any atom is 0.234 e. The number of ether oxygens (including phenoxy) is 2. The highest BCUT2D eigenvalue weighted by molar-refractivity contribution is 7.80. The Morgan fingerprint density at radius 2 is 2.00 bits per heavy atom. The van der Waals surface area contributed by atoms with Crippen LogP contribution in [-0.2, 0) is 4.74 Å². The minimum Gasteiger partial charge on any atom is -0.439 e. The van der Waals surface area contributed by atoms with Crippen LogP contribution in [-0.4, -0.2) is 47.4 Å². The number of thiocarbonyl (C=S) groups is 1. The largest absolute Gasteiger partial charge is 0.439 e. The molecular formula is C20H25N5O2S. The molecule has 8 heteroatoms. The molecule has 3 heterocycles. The fourth-order valence-electron chi connectivity index (χ4n) is 3.40. The van der Waals surface area contributed by atoms with Crippen molar-refractivity contribution in [2.24, 2.45) is 0 Å². The van der Waals surface area contributed by atoms with Crippen molar-refractivity contribution >= 4 is 29.1 Å². The van der Waals surface area contributed by atoms with E-state index < -0.39 is 0 Å². The molecule has 4 rings (SSSR count). The van der Waals surface area contributed by atoms with Crippen LogP contribution in [0.5, 0.6) is 11.6 Å². The van der Waals surface area contributed by atoms with Gasteiger partial charge in [0.2, 0.25) is 11.8 Å². The normalized spacial score (nSPS) is 18.9. The van der Waals surface area contributed by atoms with Gasteiger partial charge in [0, 0.05) is 32.3 Å². The van der Waals surface area contributed by atoms with E-state index in [1.54, 1.807) is 0 Å². The van der Waals surface area contributed by atoms with Crippen molar-refractivity contribution in [1.82, 2.24) is 15.3 Å². The molecule has 0 unspecified atom stereocenters. The van der Waals surface area contributed by atoms with Crippen molar-refractivity contribution in [3.05, 3.63) is 36.4 Å². The maximum atomic E-state index is 5.94. The predicted octanol–water partition coefficient (Wildman–Crippen LogP) is 3.33. The summed E-state index contributed by atoms with van der Waals surface area (Å²) in [6, 6.07) is 11.5. The Labute approximate surface area is 170 Å². The lowest BCUT2D eigenvalue weighted by molar-refractivity contribution is 0.114. The molecule has 2 saturated heterocycles. The highest BCUT2D eigenvalue weighted by Crippen LogP contribution is 2.26. The second-order valence-corrected chi connectivity index (χ2v) is 7.38. The van der Waals surface area contributed by atoms with Crippen LogP contribution in [0.2, 0.25) is 0 Å². The molecule has 2 N–H and O–H groups in total. The third kappa shape index (κ3) is 5.08. The maximum absolute atomic E-state index is 5.94. The third-order valence-corrected chi connectivity index (χ3v) is 5.07. The van der Waals surface area contributed by atoms with Crippen LogP contribution in [0.3, 0.4) is 0 Å². The lowest BCUT2D eigenvalue weighted by Gasteiger charge is -2.19. The molecule has 0 bridgehead atoms. The van der Waals surface area contributed by atoms with Gasteiger partial charge in [0.15, 0.2) is 5.11 Å². The summed E-state index contributed by atoms with van der Waals surface area (Å²) in [4.78, 5) is 11.4. The SMILES string of the molecule is S=C(NC[C@@H]1CCCO1)Nc1nc(Oc2ccccc2)cc(N2CCCC2)n1. The molecule has 0 radical (unpaired) electrons. The number of hydrogen-bond donors (Lipinski definition) is 2. The molecule has 2 aromatic rings. The van der Waals surface area contributed by atoms with E-state index >= 15 is 0 Å². The van der Waals surface area contributed by atoms with Crippen LogP contribution < -0.4 is 20.3 Å². The molecule has 2 aliphatic rings. The van der Waals surface area contributed by atoms with Gasteiger partial charge in [-0.15, -0.1) is 0 Å². The van der Waals surface area contributed by atoms with Gasteiger partial charge in [-0.05, 0) is 50.0 Å². The zero-order valence-corrected chi connectivity index (χ0v) is 16.6. The van der Waals surface area contributed by atoms with E-state index in [9.17, 15) is 0 Å². The van der Waals surface area contributed by atoms with Crippen molar-refractivity contribution in [3.63, 3.8) is 0 Å². The quantitative estimate of drug-likeness (QED) is 0.717. The summed E-state index contributed by atoms with van der Waals surface area (Å²) in [5, 5.41) is 6.77. The van der Waals surface area contributed by atoms with Crippen LogP contribution in [0.15, 0.2) is 36.4 Å².